The van der Waals surface area contributed by atoms with Crippen LogP contribution in [0.5, 0.6) is 5.75 Å². The number of aromatic hydroxyl groups is 1. The van der Waals surface area contributed by atoms with Crippen molar-refractivity contribution in [3.8, 4) is 5.75 Å². The second-order valence-corrected chi connectivity index (χ2v) is 5.59. The molecule has 1 fully saturated rings. The van der Waals surface area contributed by atoms with Crippen molar-refractivity contribution in [2.24, 2.45) is 5.73 Å². The molecule has 5 heteroatoms. The predicted octanol–water partition coefficient (Wildman–Crippen LogP) is 2.17. The van der Waals surface area contributed by atoms with Crippen LogP contribution in [0, 0.1) is 0 Å². The molecule has 0 aromatic heterocycles. The molecule has 1 aromatic rings. The molecular weight excluding hydrogens is 264 g/mol. The lowest BCUT2D eigenvalue weighted by Crippen LogP contribution is -2.42. The van der Waals surface area contributed by atoms with E-state index in [9.17, 15) is 9.90 Å². The van der Waals surface area contributed by atoms with Crippen LogP contribution in [0.2, 0.25) is 5.02 Å². The average Bonchev–Trinajstić information content (AvgIpc) is 2.33. The summed E-state index contributed by atoms with van der Waals surface area (Å²) in [5.41, 5.74) is 6.91. The number of phenolic OH excluding ortho intramolecular Hbond substituents is 1. The summed E-state index contributed by atoms with van der Waals surface area (Å²) in [5, 5.41) is 10.6. The summed E-state index contributed by atoms with van der Waals surface area (Å²) in [6, 6.07) is 3.40. The molecule has 0 aliphatic carbocycles. The number of benzene rings is 1. The normalized spacial score (nSPS) is 20.5. The van der Waals surface area contributed by atoms with E-state index in [-0.39, 0.29) is 23.1 Å². The van der Waals surface area contributed by atoms with E-state index in [0.717, 1.165) is 25.9 Å². The summed E-state index contributed by atoms with van der Waals surface area (Å²) in [5.74, 6) is -0.146. The minimum Gasteiger partial charge on any atom is -0.507 e. The van der Waals surface area contributed by atoms with E-state index in [1.165, 1.54) is 13.0 Å². The first-order valence-electron chi connectivity index (χ1n) is 6.47. The molecule has 0 bridgehead atoms. The third-order valence-corrected chi connectivity index (χ3v) is 3.69. The first-order chi connectivity index (χ1) is 8.97. The molecular formula is C14H19ClN2O2. The van der Waals surface area contributed by atoms with Crippen molar-refractivity contribution < 1.29 is 9.90 Å². The molecule has 1 unspecified atom stereocenters. The summed E-state index contributed by atoms with van der Waals surface area (Å²) in [7, 11) is 0. The number of carbonyl (C=O) groups is 1. The van der Waals surface area contributed by atoms with E-state index in [1.54, 1.807) is 6.07 Å². The van der Waals surface area contributed by atoms with Crippen LogP contribution in [-0.4, -0.2) is 34.9 Å². The Bertz CT molecular complexity index is 491. The lowest BCUT2D eigenvalue weighted by atomic mass is 10.0. The molecule has 1 aromatic carbocycles. The lowest BCUT2D eigenvalue weighted by Gasteiger charge is -2.31. The number of Topliss-reactive ketones (excluding diaryl/α,β-unsaturated/α-hetero) is 1. The molecule has 0 saturated carbocycles. The highest BCUT2D eigenvalue weighted by atomic mass is 35.5. The van der Waals surface area contributed by atoms with Gasteiger partial charge >= 0.3 is 0 Å². The van der Waals surface area contributed by atoms with Gasteiger partial charge in [0.1, 0.15) is 5.75 Å². The van der Waals surface area contributed by atoms with E-state index in [0.29, 0.717) is 17.1 Å². The molecule has 0 radical (unpaired) electrons. The summed E-state index contributed by atoms with van der Waals surface area (Å²) >= 11 is 6.01. The van der Waals surface area contributed by atoms with Crippen LogP contribution >= 0.6 is 11.6 Å². The first kappa shape index (κ1) is 14.3. The fourth-order valence-corrected chi connectivity index (χ4v) is 2.76. The SMILES string of the molecule is CC(=O)c1cc(Cl)cc(CN2CCCC(N)C2)c1O. The number of piperidine rings is 1. The highest BCUT2D eigenvalue weighted by Crippen LogP contribution is 2.29. The number of ketones is 1. The molecule has 1 saturated heterocycles. The van der Waals surface area contributed by atoms with Gasteiger partial charge in [0.05, 0.1) is 5.56 Å². The standard InChI is InChI=1S/C14H19ClN2O2/c1-9(18)13-6-11(15)5-10(14(13)19)7-17-4-2-3-12(16)8-17/h5-6,12,19H,2-4,7-8,16H2,1H3. The maximum Gasteiger partial charge on any atom is 0.163 e. The van der Waals surface area contributed by atoms with Crippen molar-refractivity contribution in [2.75, 3.05) is 13.1 Å². The second kappa shape index (κ2) is 5.90. The third-order valence-electron chi connectivity index (χ3n) is 3.47. The molecule has 19 heavy (non-hydrogen) atoms. The van der Waals surface area contributed by atoms with Gasteiger partial charge in [0, 0.05) is 29.7 Å². The highest BCUT2D eigenvalue weighted by molar-refractivity contribution is 6.31. The van der Waals surface area contributed by atoms with Gasteiger partial charge < -0.3 is 10.8 Å². The smallest absolute Gasteiger partial charge is 0.163 e. The highest BCUT2D eigenvalue weighted by Gasteiger charge is 2.20. The number of nitrogens with two attached hydrogens (primary N) is 1. The molecule has 1 aliphatic rings. The Balaban J connectivity index is 2.22. The summed E-state index contributed by atoms with van der Waals surface area (Å²) < 4.78 is 0. The predicted molar refractivity (Wildman–Crippen MR) is 75.6 cm³/mol. The monoisotopic (exact) mass is 282 g/mol. The van der Waals surface area contributed by atoms with Crippen LogP contribution in [0.15, 0.2) is 12.1 Å². The van der Waals surface area contributed by atoms with Crippen LogP contribution in [0.3, 0.4) is 0 Å². The number of carbonyl (C=O) groups excluding carboxylic acids is 1. The van der Waals surface area contributed by atoms with E-state index >= 15 is 0 Å². The molecule has 0 amide bonds. The van der Waals surface area contributed by atoms with Crippen molar-refractivity contribution >= 4 is 17.4 Å². The van der Waals surface area contributed by atoms with Crippen molar-refractivity contribution in [2.45, 2.75) is 32.4 Å². The van der Waals surface area contributed by atoms with Crippen LogP contribution < -0.4 is 5.73 Å². The zero-order chi connectivity index (χ0) is 14.0. The quantitative estimate of drug-likeness (QED) is 0.834. The van der Waals surface area contributed by atoms with Gasteiger partial charge in [0.15, 0.2) is 5.78 Å². The molecule has 1 aliphatic heterocycles. The van der Waals surface area contributed by atoms with Crippen LogP contribution in [-0.2, 0) is 6.54 Å². The number of rotatable bonds is 3. The maximum atomic E-state index is 11.5. The fourth-order valence-electron chi connectivity index (χ4n) is 2.52. The Kier molecular flexibility index (Phi) is 4.45. The van der Waals surface area contributed by atoms with Crippen molar-refractivity contribution in [3.05, 3.63) is 28.3 Å². The summed E-state index contributed by atoms with van der Waals surface area (Å²) in [6.07, 6.45) is 2.10. The number of likely N-dealkylation sites (tertiary alicyclic amines) is 1. The Morgan fingerprint density at radius 1 is 1.58 bits per heavy atom. The zero-order valence-corrected chi connectivity index (χ0v) is 11.8. The number of phenols is 1. The second-order valence-electron chi connectivity index (χ2n) is 5.15. The van der Waals surface area contributed by atoms with Gasteiger partial charge in [-0.25, -0.2) is 0 Å². The van der Waals surface area contributed by atoms with Gasteiger partial charge in [0.25, 0.3) is 0 Å². The van der Waals surface area contributed by atoms with Gasteiger partial charge in [-0.15, -0.1) is 0 Å². The molecule has 1 heterocycles. The number of halogens is 1. The van der Waals surface area contributed by atoms with Gasteiger partial charge in [-0.1, -0.05) is 11.6 Å². The maximum absolute atomic E-state index is 11.5. The molecule has 4 nitrogen and oxygen atoms in total. The summed E-state index contributed by atoms with van der Waals surface area (Å²) in [4.78, 5) is 13.6. The minimum atomic E-state index is -0.184. The molecule has 2 rings (SSSR count). The number of nitrogens with zero attached hydrogens (tertiary/aromatic N) is 1. The van der Waals surface area contributed by atoms with Crippen LogP contribution in [0.25, 0.3) is 0 Å². The largest absolute Gasteiger partial charge is 0.507 e. The number of hydrogen-bond acceptors (Lipinski definition) is 4. The average molecular weight is 283 g/mol. The zero-order valence-electron chi connectivity index (χ0n) is 11.0. The van der Waals surface area contributed by atoms with Crippen molar-refractivity contribution in [3.63, 3.8) is 0 Å². The van der Waals surface area contributed by atoms with E-state index < -0.39 is 0 Å². The van der Waals surface area contributed by atoms with Crippen LogP contribution in [0.1, 0.15) is 35.7 Å². The van der Waals surface area contributed by atoms with Crippen molar-refractivity contribution in [1.29, 1.82) is 0 Å². The van der Waals surface area contributed by atoms with Crippen LogP contribution in [0.4, 0.5) is 0 Å². The van der Waals surface area contributed by atoms with E-state index in [4.69, 9.17) is 17.3 Å². The van der Waals surface area contributed by atoms with Crippen molar-refractivity contribution in [1.82, 2.24) is 4.90 Å². The van der Waals surface area contributed by atoms with E-state index in [2.05, 4.69) is 4.90 Å². The van der Waals surface area contributed by atoms with Gasteiger partial charge in [-0.2, -0.15) is 0 Å². The molecule has 3 N–H and O–H groups in total. The number of hydrogen-bond donors (Lipinski definition) is 2. The minimum absolute atomic E-state index is 0.0380. The Morgan fingerprint density at radius 3 is 2.95 bits per heavy atom. The fraction of sp³-hybridized carbons (Fsp3) is 0.500. The lowest BCUT2D eigenvalue weighted by molar-refractivity contribution is 0.101. The van der Waals surface area contributed by atoms with Gasteiger partial charge in [-0.3, -0.25) is 9.69 Å². The molecule has 104 valence electrons. The Morgan fingerprint density at radius 2 is 2.32 bits per heavy atom. The van der Waals surface area contributed by atoms with Gasteiger partial charge in [0.2, 0.25) is 0 Å². The first-order valence-corrected chi connectivity index (χ1v) is 6.85. The third kappa shape index (κ3) is 3.47. The Hall–Kier alpha value is -1.10. The van der Waals surface area contributed by atoms with Gasteiger partial charge in [-0.05, 0) is 38.4 Å². The molecule has 0 spiro atoms. The summed E-state index contributed by atoms with van der Waals surface area (Å²) in [6.45, 7) is 3.75. The Labute approximate surface area is 118 Å². The molecule has 1 atom stereocenters. The van der Waals surface area contributed by atoms with E-state index in [1.807, 2.05) is 0 Å². The topological polar surface area (TPSA) is 66.6 Å².